The Kier molecular flexibility index (Phi) is 4.58. The average molecular weight is 466 g/mol. The molecule has 0 fully saturated rings. The number of esters is 1. The minimum atomic E-state index is -4.23. The summed E-state index contributed by atoms with van der Waals surface area (Å²) < 4.78 is 48.0. The molecule has 0 atom stereocenters. The van der Waals surface area contributed by atoms with Crippen LogP contribution in [0, 0.1) is 12.7 Å². The zero-order valence-electron chi connectivity index (χ0n) is 18.0. The van der Waals surface area contributed by atoms with Gasteiger partial charge in [-0.05, 0) is 48.9 Å². The molecule has 168 valence electrons. The second kappa shape index (κ2) is 7.14. The molecule has 0 unspecified atom stereocenters. The number of carbonyl (C=O) groups is 2. The van der Waals surface area contributed by atoms with E-state index in [1.165, 1.54) is 42.3 Å². The quantitative estimate of drug-likeness (QED) is 0.428. The molecule has 0 saturated carbocycles. The van der Waals surface area contributed by atoms with Crippen molar-refractivity contribution < 1.29 is 27.1 Å². The highest BCUT2D eigenvalue weighted by atomic mass is 32.2. The Hall–Kier alpha value is -3.72. The third-order valence-corrected chi connectivity index (χ3v) is 7.69. The molecule has 7 nitrogen and oxygen atoms in total. The smallest absolute Gasteiger partial charge is 0.340 e. The number of halogens is 1. The Labute approximate surface area is 189 Å². The monoisotopic (exact) mass is 466 g/mol. The highest BCUT2D eigenvalue weighted by Gasteiger charge is 2.35. The van der Waals surface area contributed by atoms with Crippen molar-refractivity contribution in [2.45, 2.75) is 18.4 Å². The second-order valence-corrected chi connectivity index (χ2v) is 9.87. The minimum Gasteiger partial charge on any atom is -0.465 e. The van der Waals surface area contributed by atoms with Crippen molar-refractivity contribution in [3.8, 4) is 0 Å². The van der Waals surface area contributed by atoms with E-state index in [0.29, 0.717) is 5.56 Å². The van der Waals surface area contributed by atoms with E-state index >= 15 is 0 Å². The standard InChI is InChI=1S/C24H19FN2O5S/c1-13-4-7-16(8-5-13)33(30,31)27-19-9-6-15(25)11-17(19)21-20-14(12-26(2)23(20)28)10-18(22(21)27)24(29)32-3/h4-11H,12H2,1-3H3. The molecule has 3 aromatic carbocycles. The van der Waals surface area contributed by atoms with Crippen LogP contribution in [0.15, 0.2) is 53.4 Å². The van der Waals surface area contributed by atoms with Crippen LogP contribution >= 0.6 is 0 Å². The van der Waals surface area contributed by atoms with E-state index in [9.17, 15) is 22.4 Å². The van der Waals surface area contributed by atoms with E-state index in [1.54, 1.807) is 19.2 Å². The van der Waals surface area contributed by atoms with Crippen molar-refractivity contribution in [1.82, 2.24) is 8.87 Å². The summed E-state index contributed by atoms with van der Waals surface area (Å²) in [5.74, 6) is -1.68. The Balaban J connectivity index is 2.03. The number of benzene rings is 3. The van der Waals surface area contributed by atoms with Crippen molar-refractivity contribution in [1.29, 1.82) is 0 Å². The lowest BCUT2D eigenvalue weighted by atomic mass is 9.98. The molecule has 9 heteroatoms. The van der Waals surface area contributed by atoms with E-state index in [0.717, 1.165) is 15.6 Å². The van der Waals surface area contributed by atoms with Crippen LogP contribution in [-0.2, 0) is 21.3 Å². The summed E-state index contributed by atoms with van der Waals surface area (Å²) in [6, 6.07) is 11.4. The first-order valence-corrected chi connectivity index (χ1v) is 11.5. The third-order valence-electron chi connectivity index (χ3n) is 5.96. The van der Waals surface area contributed by atoms with Gasteiger partial charge in [-0.25, -0.2) is 21.6 Å². The van der Waals surface area contributed by atoms with Crippen LogP contribution in [0.3, 0.4) is 0 Å². The van der Waals surface area contributed by atoms with Gasteiger partial charge in [0.15, 0.2) is 0 Å². The third kappa shape index (κ3) is 2.96. The number of rotatable bonds is 3. The maximum Gasteiger partial charge on any atom is 0.340 e. The molecule has 5 rings (SSSR count). The van der Waals surface area contributed by atoms with Gasteiger partial charge < -0.3 is 9.64 Å². The Morgan fingerprint density at radius 1 is 1.09 bits per heavy atom. The average Bonchev–Trinajstić information content (AvgIpc) is 3.27. The summed E-state index contributed by atoms with van der Waals surface area (Å²) in [6.45, 7) is 2.07. The van der Waals surface area contributed by atoms with Crippen LogP contribution < -0.4 is 0 Å². The van der Waals surface area contributed by atoms with Gasteiger partial charge in [0.2, 0.25) is 0 Å². The van der Waals surface area contributed by atoms with Gasteiger partial charge in [-0.1, -0.05) is 17.7 Å². The highest BCUT2D eigenvalue weighted by Crippen LogP contribution is 2.41. The molecule has 1 aliphatic heterocycles. The van der Waals surface area contributed by atoms with Crippen molar-refractivity contribution in [3.63, 3.8) is 0 Å². The van der Waals surface area contributed by atoms with Crippen LogP contribution in [0.4, 0.5) is 4.39 Å². The van der Waals surface area contributed by atoms with Crippen molar-refractivity contribution >= 4 is 43.7 Å². The lowest BCUT2D eigenvalue weighted by molar-refractivity contribution is 0.0602. The first-order chi connectivity index (χ1) is 15.6. The Bertz CT molecular complexity index is 1600. The maximum absolute atomic E-state index is 14.3. The van der Waals surface area contributed by atoms with Gasteiger partial charge in [0.1, 0.15) is 5.82 Å². The fourth-order valence-corrected chi connectivity index (χ4v) is 5.96. The number of ether oxygens (including phenoxy) is 1. The fraction of sp³-hybridized carbons (Fsp3) is 0.167. The molecule has 0 aliphatic carbocycles. The van der Waals surface area contributed by atoms with E-state index in [1.807, 2.05) is 6.92 Å². The molecular weight excluding hydrogens is 447 g/mol. The van der Waals surface area contributed by atoms with Gasteiger partial charge >= 0.3 is 5.97 Å². The highest BCUT2D eigenvalue weighted by molar-refractivity contribution is 7.90. The maximum atomic E-state index is 14.3. The molecule has 1 aromatic heterocycles. The van der Waals surface area contributed by atoms with Crippen molar-refractivity contribution in [3.05, 3.63) is 76.6 Å². The zero-order valence-corrected chi connectivity index (χ0v) is 18.9. The topological polar surface area (TPSA) is 85.7 Å². The number of amides is 1. The lowest BCUT2D eigenvalue weighted by Gasteiger charge is -2.12. The molecule has 0 spiro atoms. The normalized spacial score (nSPS) is 13.7. The summed E-state index contributed by atoms with van der Waals surface area (Å²) in [5.41, 5.74) is 1.82. The molecule has 4 aromatic rings. The fourth-order valence-electron chi connectivity index (χ4n) is 4.43. The molecule has 1 amide bonds. The van der Waals surface area contributed by atoms with Crippen LogP contribution in [-0.4, -0.2) is 43.3 Å². The molecule has 0 saturated heterocycles. The first kappa shape index (κ1) is 21.1. The van der Waals surface area contributed by atoms with Gasteiger partial charge in [-0.15, -0.1) is 0 Å². The molecule has 2 heterocycles. The summed E-state index contributed by atoms with van der Waals surface area (Å²) in [5, 5.41) is 0.443. The number of nitrogens with zero attached hydrogens (tertiary/aromatic N) is 2. The number of aryl methyl sites for hydroxylation is 1. The SMILES string of the molecule is COC(=O)c1cc2c(c3c4cc(F)ccc4n(S(=O)(=O)c4ccc(C)cc4)c13)C(=O)N(C)C2. The summed E-state index contributed by atoms with van der Waals surface area (Å²) >= 11 is 0. The van der Waals surface area contributed by atoms with Crippen molar-refractivity contribution in [2.75, 3.05) is 14.2 Å². The van der Waals surface area contributed by atoms with Crippen LogP contribution in [0.1, 0.15) is 31.8 Å². The number of carbonyl (C=O) groups excluding carboxylic acids is 2. The first-order valence-electron chi connectivity index (χ1n) is 10.1. The van der Waals surface area contributed by atoms with Crippen LogP contribution in [0.5, 0.6) is 0 Å². The molecular formula is C24H19FN2O5S. The van der Waals surface area contributed by atoms with Gasteiger partial charge in [0.25, 0.3) is 15.9 Å². The van der Waals surface area contributed by atoms with Crippen LogP contribution in [0.25, 0.3) is 21.8 Å². The summed E-state index contributed by atoms with van der Waals surface area (Å²) in [6.07, 6.45) is 0. The van der Waals surface area contributed by atoms with Gasteiger partial charge in [0.05, 0.1) is 34.2 Å². The molecule has 0 radical (unpaired) electrons. The number of hydrogen-bond acceptors (Lipinski definition) is 5. The predicted molar refractivity (Wildman–Crippen MR) is 120 cm³/mol. The van der Waals surface area contributed by atoms with Gasteiger partial charge in [-0.2, -0.15) is 0 Å². The minimum absolute atomic E-state index is 0.00372. The van der Waals surface area contributed by atoms with E-state index < -0.39 is 21.8 Å². The van der Waals surface area contributed by atoms with Crippen molar-refractivity contribution in [2.24, 2.45) is 0 Å². The number of hydrogen-bond donors (Lipinski definition) is 0. The van der Waals surface area contributed by atoms with E-state index in [2.05, 4.69) is 0 Å². The second-order valence-electron chi connectivity index (χ2n) is 8.08. The summed E-state index contributed by atoms with van der Waals surface area (Å²) in [4.78, 5) is 27.3. The largest absolute Gasteiger partial charge is 0.465 e. The molecule has 1 aliphatic rings. The summed E-state index contributed by atoms with van der Waals surface area (Å²) in [7, 11) is -1.43. The van der Waals surface area contributed by atoms with Gasteiger partial charge in [-0.3, -0.25) is 4.79 Å². The number of methoxy groups -OCH3 is 1. The van der Waals surface area contributed by atoms with Crippen LogP contribution in [0.2, 0.25) is 0 Å². The molecule has 33 heavy (non-hydrogen) atoms. The molecule has 0 N–H and O–H groups in total. The van der Waals surface area contributed by atoms with E-state index in [-0.39, 0.29) is 50.3 Å². The predicted octanol–water partition coefficient (Wildman–Crippen LogP) is 3.85. The Morgan fingerprint density at radius 2 is 1.79 bits per heavy atom. The molecule has 0 bridgehead atoms. The Morgan fingerprint density at radius 3 is 2.45 bits per heavy atom. The number of fused-ring (bicyclic) bond motifs is 5. The van der Waals surface area contributed by atoms with E-state index in [4.69, 9.17) is 4.74 Å². The van der Waals surface area contributed by atoms with Gasteiger partial charge in [0, 0.05) is 24.4 Å². The zero-order chi connectivity index (χ0) is 23.7. The lowest BCUT2D eigenvalue weighted by Crippen LogP contribution is -2.17. The number of aromatic nitrogens is 1.